The number of thiophene rings is 1. The number of aryl methyl sites for hydroxylation is 1. The Hall–Kier alpha value is -3.69. The van der Waals surface area contributed by atoms with Gasteiger partial charge in [0.15, 0.2) is 17.5 Å². The number of ketones is 1. The van der Waals surface area contributed by atoms with Crippen molar-refractivity contribution in [1.29, 1.82) is 0 Å². The lowest BCUT2D eigenvalue weighted by molar-refractivity contribution is -0.121. The molecule has 36 heavy (non-hydrogen) atoms. The molecule has 5 rings (SSSR count). The quantitative estimate of drug-likeness (QED) is 0.156. The Morgan fingerprint density at radius 2 is 2.06 bits per heavy atom. The van der Waals surface area contributed by atoms with Crippen LogP contribution in [0.1, 0.15) is 22.2 Å². The van der Waals surface area contributed by atoms with Crippen LogP contribution in [0.25, 0.3) is 21.3 Å². The number of amides is 1. The minimum Gasteiger partial charge on any atom is -0.482 e. The Morgan fingerprint density at radius 3 is 2.81 bits per heavy atom. The second-order valence-corrected chi connectivity index (χ2v) is 10.9. The molecule has 2 aromatic heterocycles. The summed E-state index contributed by atoms with van der Waals surface area (Å²) in [5.41, 5.74) is 2.63. The number of thioether (sulfide) groups is 1. The number of nitrogens with zero attached hydrogens (tertiary/aromatic N) is 2. The van der Waals surface area contributed by atoms with Gasteiger partial charge >= 0.3 is 0 Å². The minimum absolute atomic E-state index is 0.0456. The van der Waals surface area contributed by atoms with Gasteiger partial charge in [0.25, 0.3) is 11.5 Å². The van der Waals surface area contributed by atoms with Crippen molar-refractivity contribution in [1.82, 2.24) is 9.97 Å². The van der Waals surface area contributed by atoms with E-state index < -0.39 is 5.25 Å². The number of hydrogen-bond donors (Lipinski definition) is 1. The number of rotatable bonds is 7. The van der Waals surface area contributed by atoms with Gasteiger partial charge in [-0.15, -0.1) is 17.9 Å². The van der Waals surface area contributed by atoms with E-state index in [-0.39, 0.29) is 23.9 Å². The SMILES string of the molecule is C=CCN1C(=O)COc2ccc(C(=O)C(C)Sc3nc4sc(C)c(-c5ccccc5)c4c(=O)[nH]3)cc21. The number of hydrogen-bond acceptors (Lipinski definition) is 7. The lowest BCUT2D eigenvalue weighted by Crippen LogP contribution is -2.39. The first-order valence-electron chi connectivity index (χ1n) is 11.3. The second-order valence-electron chi connectivity index (χ2n) is 8.34. The van der Waals surface area contributed by atoms with Crippen LogP contribution in [0.2, 0.25) is 0 Å². The van der Waals surface area contributed by atoms with Gasteiger partial charge in [-0.3, -0.25) is 14.4 Å². The highest BCUT2D eigenvalue weighted by atomic mass is 32.2. The van der Waals surface area contributed by atoms with Gasteiger partial charge in [-0.2, -0.15) is 0 Å². The van der Waals surface area contributed by atoms with Crippen LogP contribution in [0, 0.1) is 6.92 Å². The van der Waals surface area contributed by atoms with Crippen molar-refractivity contribution in [2.45, 2.75) is 24.3 Å². The number of H-pyrrole nitrogens is 1. The van der Waals surface area contributed by atoms with Crippen molar-refractivity contribution in [2.24, 2.45) is 0 Å². The number of benzene rings is 2. The average molecular weight is 518 g/mol. The smallest absolute Gasteiger partial charge is 0.265 e. The lowest BCUT2D eigenvalue weighted by Gasteiger charge is -2.29. The summed E-state index contributed by atoms with van der Waals surface area (Å²) in [7, 11) is 0. The molecule has 0 fully saturated rings. The fourth-order valence-electron chi connectivity index (χ4n) is 4.25. The Balaban J connectivity index is 1.42. The summed E-state index contributed by atoms with van der Waals surface area (Å²) in [6, 6.07) is 14.8. The molecule has 1 N–H and O–H groups in total. The van der Waals surface area contributed by atoms with Crippen LogP contribution in [-0.4, -0.2) is 40.1 Å². The zero-order chi connectivity index (χ0) is 25.4. The molecule has 1 atom stereocenters. The molecule has 0 spiro atoms. The molecule has 1 aliphatic heterocycles. The highest BCUT2D eigenvalue weighted by molar-refractivity contribution is 8.00. The number of Topliss-reactive ketones (excluding diaryl/α,β-unsaturated/α-hetero) is 1. The second kappa shape index (κ2) is 9.75. The summed E-state index contributed by atoms with van der Waals surface area (Å²) in [6.45, 7) is 7.74. The van der Waals surface area contributed by atoms with Crippen LogP contribution in [0.3, 0.4) is 0 Å². The largest absolute Gasteiger partial charge is 0.482 e. The molecule has 0 saturated heterocycles. The molecule has 182 valence electrons. The predicted molar refractivity (Wildman–Crippen MR) is 145 cm³/mol. The number of anilines is 1. The van der Waals surface area contributed by atoms with Crippen LogP contribution in [0.4, 0.5) is 5.69 Å². The maximum Gasteiger partial charge on any atom is 0.265 e. The van der Waals surface area contributed by atoms with Crippen LogP contribution < -0.4 is 15.2 Å². The highest BCUT2D eigenvalue weighted by Gasteiger charge is 2.27. The molecule has 1 aliphatic rings. The molecule has 1 amide bonds. The van der Waals surface area contributed by atoms with Crippen LogP contribution >= 0.6 is 23.1 Å². The van der Waals surface area contributed by atoms with Gasteiger partial charge in [-0.1, -0.05) is 48.2 Å². The number of nitrogens with one attached hydrogen (secondary N) is 1. The first-order chi connectivity index (χ1) is 17.4. The third-order valence-corrected chi connectivity index (χ3v) is 7.92. The summed E-state index contributed by atoms with van der Waals surface area (Å²) >= 11 is 2.66. The fourth-order valence-corrected chi connectivity index (χ4v) is 6.22. The Labute approximate surface area is 215 Å². The predicted octanol–water partition coefficient (Wildman–Crippen LogP) is 5.23. The maximum absolute atomic E-state index is 13.3. The van der Waals surface area contributed by atoms with E-state index in [1.165, 1.54) is 23.1 Å². The number of ether oxygens (including phenoxy) is 1. The number of aromatic nitrogens is 2. The normalized spacial score (nSPS) is 13.8. The Bertz CT molecular complexity index is 1560. The summed E-state index contributed by atoms with van der Waals surface area (Å²) in [4.78, 5) is 49.3. The van der Waals surface area contributed by atoms with E-state index in [1.807, 2.05) is 37.3 Å². The highest BCUT2D eigenvalue weighted by Crippen LogP contribution is 2.37. The van der Waals surface area contributed by atoms with Gasteiger partial charge in [0, 0.05) is 22.5 Å². The number of carbonyl (C=O) groups is 2. The molecule has 7 nitrogen and oxygen atoms in total. The molecular weight excluding hydrogens is 494 g/mol. The molecule has 9 heteroatoms. The van der Waals surface area contributed by atoms with E-state index in [0.29, 0.717) is 38.9 Å². The monoisotopic (exact) mass is 517 g/mol. The average Bonchev–Trinajstić information content (AvgIpc) is 3.21. The zero-order valence-electron chi connectivity index (χ0n) is 19.7. The van der Waals surface area contributed by atoms with Crippen LogP contribution in [-0.2, 0) is 4.79 Å². The van der Waals surface area contributed by atoms with Gasteiger partial charge in [-0.05, 0) is 37.6 Å². The van der Waals surface area contributed by atoms with Crippen molar-refractivity contribution in [3.8, 4) is 16.9 Å². The van der Waals surface area contributed by atoms with Crippen molar-refractivity contribution in [3.05, 3.63) is 82.0 Å². The Morgan fingerprint density at radius 1 is 1.28 bits per heavy atom. The molecule has 0 aliphatic carbocycles. The summed E-state index contributed by atoms with van der Waals surface area (Å²) in [5, 5.41) is 0.430. The summed E-state index contributed by atoms with van der Waals surface area (Å²) < 4.78 is 5.51. The van der Waals surface area contributed by atoms with Crippen LogP contribution in [0.5, 0.6) is 5.75 Å². The van der Waals surface area contributed by atoms with Crippen molar-refractivity contribution >= 4 is 50.7 Å². The molecule has 0 bridgehead atoms. The first-order valence-corrected chi connectivity index (χ1v) is 13.0. The molecule has 3 heterocycles. The summed E-state index contributed by atoms with van der Waals surface area (Å²) in [6.07, 6.45) is 1.63. The van der Waals surface area contributed by atoms with Gasteiger partial charge in [-0.25, -0.2) is 4.98 Å². The minimum atomic E-state index is -0.522. The summed E-state index contributed by atoms with van der Waals surface area (Å²) in [5.74, 6) is 0.215. The van der Waals surface area contributed by atoms with E-state index in [2.05, 4.69) is 16.5 Å². The number of fused-ring (bicyclic) bond motifs is 2. The lowest BCUT2D eigenvalue weighted by atomic mass is 10.0. The zero-order valence-corrected chi connectivity index (χ0v) is 21.4. The van der Waals surface area contributed by atoms with E-state index in [1.54, 1.807) is 36.1 Å². The third kappa shape index (κ3) is 4.36. The first kappa shape index (κ1) is 24.0. The molecular formula is C27H23N3O4S2. The van der Waals surface area contributed by atoms with Crippen molar-refractivity contribution < 1.29 is 14.3 Å². The molecule has 1 unspecified atom stereocenters. The maximum atomic E-state index is 13.3. The third-order valence-electron chi connectivity index (χ3n) is 5.93. The topological polar surface area (TPSA) is 92.4 Å². The van der Waals surface area contributed by atoms with Crippen LogP contribution in [0.15, 0.2) is 71.1 Å². The van der Waals surface area contributed by atoms with E-state index in [9.17, 15) is 14.4 Å². The van der Waals surface area contributed by atoms with E-state index in [4.69, 9.17) is 4.74 Å². The van der Waals surface area contributed by atoms with Gasteiger partial charge in [0.2, 0.25) is 0 Å². The van der Waals surface area contributed by atoms with Gasteiger partial charge < -0.3 is 14.6 Å². The number of aromatic amines is 1. The molecule has 4 aromatic rings. The fraction of sp³-hybridized carbons (Fsp3) is 0.185. The standard InChI is InChI=1S/C27H23N3O4S2/c1-4-12-30-19-13-18(10-11-20(19)34-14-21(30)31)24(32)16(3)36-27-28-25(33)23-22(15(2)35-26(23)29-27)17-8-6-5-7-9-17/h4-11,13,16H,1,12,14H2,2-3H3,(H,28,29,33). The van der Waals surface area contributed by atoms with Gasteiger partial charge in [0.1, 0.15) is 10.6 Å². The molecule has 0 radical (unpaired) electrons. The molecule has 2 aromatic carbocycles. The van der Waals surface area contributed by atoms with E-state index >= 15 is 0 Å². The van der Waals surface area contributed by atoms with Crippen molar-refractivity contribution in [3.63, 3.8) is 0 Å². The molecule has 0 saturated carbocycles. The number of carbonyl (C=O) groups excluding carboxylic acids is 2. The van der Waals surface area contributed by atoms with E-state index in [0.717, 1.165) is 16.0 Å². The van der Waals surface area contributed by atoms with Gasteiger partial charge in [0.05, 0.1) is 16.3 Å². The Kier molecular flexibility index (Phi) is 6.51. The van der Waals surface area contributed by atoms with Crippen molar-refractivity contribution in [2.75, 3.05) is 18.1 Å².